The second kappa shape index (κ2) is 9.13. The molecule has 0 bridgehead atoms. The summed E-state index contributed by atoms with van der Waals surface area (Å²) in [5.74, 6) is -0.256. The Balaban J connectivity index is 5.13. The summed E-state index contributed by atoms with van der Waals surface area (Å²) in [6.45, 7) is 17.7. The van der Waals surface area contributed by atoms with Gasteiger partial charge in [-0.2, -0.15) is 0 Å². The fourth-order valence-corrected chi connectivity index (χ4v) is 4.94. The minimum absolute atomic E-state index is 0.0559. The van der Waals surface area contributed by atoms with Crippen LogP contribution in [0.4, 0.5) is 0 Å². The van der Waals surface area contributed by atoms with E-state index >= 15 is 0 Å². The minimum atomic E-state index is -1.00. The fourth-order valence-electron chi connectivity index (χ4n) is 3.34. The Kier molecular flexibility index (Phi) is 8.86. The molecule has 0 heterocycles. The second-order valence-electron chi connectivity index (χ2n) is 9.59. The Labute approximate surface area is 171 Å². The molecule has 0 saturated heterocycles. The van der Waals surface area contributed by atoms with Gasteiger partial charge in [0.1, 0.15) is 0 Å². The van der Waals surface area contributed by atoms with Gasteiger partial charge in [0.25, 0.3) is 0 Å². The summed E-state index contributed by atoms with van der Waals surface area (Å²) in [4.78, 5) is 50.1. The standard InChI is InChI=1S/2C11H19O2.Cu/c2*1-7-8(12)11(5,6)9(13)10(2,3)4;/h2*2,7H2,1,3-6H3;. The maximum absolute atomic E-state index is 12.9. The number of ketones is 4. The van der Waals surface area contributed by atoms with Crippen LogP contribution in [0.3, 0.4) is 0 Å². The van der Waals surface area contributed by atoms with Crippen molar-refractivity contribution in [2.24, 2.45) is 21.7 Å². The van der Waals surface area contributed by atoms with E-state index in [1.165, 1.54) is 0 Å². The summed E-state index contributed by atoms with van der Waals surface area (Å²) in [5, 5.41) is 1.02. The number of carbonyl (C=O) groups is 4. The third-order valence-corrected chi connectivity index (χ3v) is 7.22. The van der Waals surface area contributed by atoms with E-state index in [1.54, 1.807) is 56.5 Å². The Morgan fingerprint density at radius 1 is 0.593 bits per heavy atom. The Hall–Kier alpha value is -0.801. The first-order valence-electron chi connectivity index (χ1n) is 9.57. The van der Waals surface area contributed by atoms with Gasteiger partial charge in [0, 0.05) is 0 Å². The first kappa shape index (κ1) is 26.2. The summed E-state index contributed by atoms with van der Waals surface area (Å²) < 4.78 is 0. The molecule has 27 heavy (non-hydrogen) atoms. The summed E-state index contributed by atoms with van der Waals surface area (Å²) in [6.07, 6.45) is 0.673. The van der Waals surface area contributed by atoms with Gasteiger partial charge in [-0.25, -0.2) is 0 Å². The number of hydrogen-bond donors (Lipinski definition) is 0. The maximum atomic E-state index is 12.9. The molecule has 0 aliphatic rings. The van der Waals surface area contributed by atoms with Crippen LogP contribution in [0, 0.1) is 21.7 Å². The van der Waals surface area contributed by atoms with Gasteiger partial charge in [-0.05, 0) is 0 Å². The van der Waals surface area contributed by atoms with Crippen LogP contribution in [0.25, 0.3) is 0 Å². The van der Waals surface area contributed by atoms with Crippen molar-refractivity contribution in [3.8, 4) is 0 Å². The number of carbonyl (C=O) groups excluding carboxylic acids is 4. The van der Waals surface area contributed by atoms with Crippen LogP contribution < -0.4 is 0 Å². The van der Waals surface area contributed by atoms with Crippen molar-refractivity contribution >= 4 is 23.1 Å². The van der Waals surface area contributed by atoms with E-state index in [4.69, 9.17) is 0 Å². The number of Topliss-reactive ketones (excluding diaryl/α,β-unsaturated/α-hetero) is 4. The predicted octanol–water partition coefficient (Wildman–Crippen LogP) is 5.11. The first-order valence-corrected chi connectivity index (χ1v) is 10.9. The first-order chi connectivity index (χ1) is 12.0. The van der Waals surface area contributed by atoms with Crippen LogP contribution in [0.1, 0.15) is 82.1 Å². The van der Waals surface area contributed by atoms with Gasteiger partial charge in [0.2, 0.25) is 0 Å². The van der Waals surface area contributed by atoms with Crippen LogP contribution >= 0.6 is 0 Å². The van der Waals surface area contributed by atoms with Gasteiger partial charge >= 0.3 is 172 Å². The van der Waals surface area contributed by atoms with E-state index in [1.807, 2.05) is 27.7 Å². The molecular formula is C22H38CuO4. The molecule has 0 rings (SSSR count). The molecule has 161 valence electrons. The van der Waals surface area contributed by atoms with Crippen LogP contribution in [-0.2, 0) is 34.1 Å². The van der Waals surface area contributed by atoms with Crippen molar-refractivity contribution in [2.45, 2.75) is 92.7 Å². The molecule has 5 heteroatoms. The normalized spacial score (nSPS) is 13.6. The predicted molar refractivity (Wildman–Crippen MR) is 105 cm³/mol. The van der Waals surface area contributed by atoms with E-state index < -0.39 is 21.7 Å². The molecule has 0 aromatic carbocycles. The van der Waals surface area contributed by atoms with Gasteiger partial charge in [-0.1, -0.05) is 0 Å². The van der Waals surface area contributed by atoms with E-state index in [-0.39, 0.29) is 23.1 Å². The van der Waals surface area contributed by atoms with Crippen molar-refractivity contribution < 1.29 is 34.1 Å². The van der Waals surface area contributed by atoms with Gasteiger partial charge in [0.05, 0.1) is 0 Å². The number of hydrogen-bond acceptors (Lipinski definition) is 4. The van der Waals surface area contributed by atoms with Gasteiger partial charge in [-0.15, -0.1) is 0 Å². The van der Waals surface area contributed by atoms with Crippen molar-refractivity contribution in [3.63, 3.8) is 0 Å². The quantitative estimate of drug-likeness (QED) is 0.319. The summed E-state index contributed by atoms with van der Waals surface area (Å²) in [5.41, 5.74) is -3.36. The average molecular weight is 430 g/mol. The van der Waals surface area contributed by atoms with E-state index in [0.29, 0.717) is 23.5 Å². The number of rotatable bonds is 12. The van der Waals surface area contributed by atoms with Crippen LogP contribution in [0.15, 0.2) is 0 Å². The topological polar surface area (TPSA) is 68.3 Å². The third-order valence-electron chi connectivity index (χ3n) is 5.08. The fraction of sp³-hybridized carbons (Fsp3) is 0.818. The van der Waals surface area contributed by atoms with Crippen molar-refractivity contribution in [2.75, 3.05) is 0 Å². The average Bonchev–Trinajstić information content (AvgIpc) is 2.57. The SMILES string of the molecule is CCC(=O)C(C)(C)C(=O)C(C)(C)[CH2][Cu][CH2]C(C)(C)C(=O)C(C)(C)C(=O)CC. The Morgan fingerprint density at radius 3 is 1.07 bits per heavy atom. The van der Waals surface area contributed by atoms with Gasteiger partial charge < -0.3 is 0 Å². The van der Waals surface area contributed by atoms with Gasteiger partial charge in [-0.3, -0.25) is 0 Å². The van der Waals surface area contributed by atoms with E-state index in [2.05, 4.69) is 0 Å². The van der Waals surface area contributed by atoms with Crippen molar-refractivity contribution in [3.05, 3.63) is 0 Å². The van der Waals surface area contributed by atoms with E-state index in [0.717, 1.165) is 0 Å². The Morgan fingerprint density at radius 2 is 0.852 bits per heavy atom. The van der Waals surface area contributed by atoms with Crippen molar-refractivity contribution in [1.82, 2.24) is 0 Å². The zero-order valence-corrected chi connectivity index (χ0v) is 19.7. The zero-order chi connectivity index (χ0) is 21.8. The molecular weight excluding hydrogens is 392 g/mol. The Bertz CT molecular complexity index is 545. The van der Waals surface area contributed by atoms with E-state index in [9.17, 15) is 19.2 Å². The molecule has 0 unspecified atom stereocenters. The summed E-state index contributed by atoms with van der Waals surface area (Å²) >= 11 is 1.64. The molecule has 0 aliphatic heterocycles. The molecule has 4 nitrogen and oxygen atoms in total. The van der Waals surface area contributed by atoms with Gasteiger partial charge in [0.15, 0.2) is 0 Å². The third kappa shape index (κ3) is 6.09. The molecule has 0 saturated carbocycles. The summed E-state index contributed by atoms with van der Waals surface area (Å²) in [7, 11) is 0. The molecule has 0 aromatic heterocycles. The van der Waals surface area contributed by atoms with Crippen LogP contribution in [-0.4, -0.2) is 23.1 Å². The molecule has 0 aliphatic carbocycles. The monoisotopic (exact) mass is 429 g/mol. The molecule has 0 fully saturated rings. The molecule has 0 spiro atoms. The van der Waals surface area contributed by atoms with Crippen LogP contribution in [0.5, 0.6) is 0 Å². The van der Waals surface area contributed by atoms with Crippen molar-refractivity contribution in [1.29, 1.82) is 0 Å². The molecule has 0 amide bonds. The molecule has 0 aromatic rings. The van der Waals surface area contributed by atoms with Crippen LogP contribution in [0.2, 0.25) is 10.6 Å². The zero-order valence-electron chi connectivity index (χ0n) is 18.8. The molecule has 0 N–H and O–H groups in total. The summed E-state index contributed by atoms with van der Waals surface area (Å²) in [6, 6.07) is 0. The molecule has 0 radical (unpaired) electrons. The molecule has 0 atom stereocenters. The second-order valence-corrected chi connectivity index (χ2v) is 10.7.